The Kier molecular flexibility index (Phi) is 9.16. The van der Waals surface area contributed by atoms with E-state index in [1.165, 1.54) is 0 Å². The predicted octanol–water partition coefficient (Wildman–Crippen LogP) is 5.69. The third-order valence-corrected chi connectivity index (χ3v) is 6.30. The van der Waals surface area contributed by atoms with Crippen molar-refractivity contribution >= 4 is 56.8 Å². The van der Waals surface area contributed by atoms with E-state index >= 15 is 0 Å². The molecule has 2 fully saturated rings. The highest BCUT2D eigenvalue weighted by molar-refractivity contribution is 14.1. The maximum absolute atomic E-state index is 12.5. The van der Waals surface area contributed by atoms with Crippen molar-refractivity contribution in [2.45, 2.75) is 24.7 Å². The highest BCUT2D eigenvalue weighted by Crippen LogP contribution is 2.48. The Hall–Kier alpha value is -0.470. The third-order valence-electron chi connectivity index (χ3n) is 3.99. The Labute approximate surface area is 197 Å². The van der Waals surface area contributed by atoms with Gasteiger partial charge in [-0.1, -0.05) is 11.6 Å². The Morgan fingerprint density at radius 3 is 1.86 bits per heavy atom. The molecule has 2 aromatic heterocycles. The summed E-state index contributed by atoms with van der Waals surface area (Å²) in [4.78, 5) is 7.79. The first-order chi connectivity index (χ1) is 13.6. The van der Waals surface area contributed by atoms with Crippen molar-refractivity contribution in [2.24, 2.45) is 11.8 Å². The average Bonchev–Trinajstić information content (AvgIpc) is 3.50. The standard InChI is InChI=1S/C9H8F2INO.C5H3ClIN.C4H6F2O/c10-9(11)4-6(9)5-14-8-7(12)2-1-3-13-8;6-5-4(7)2-1-3-8-5;5-4(6)1-3(4)2-7/h1-3,6H,4-5H2;1-3H;3,7H,1-2H2/t6-;;3-/m0.0/s1. The molecule has 0 unspecified atom stereocenters. The topological polar surface area (TPSA) is 55.2 Å². The van der Waals surface area contributed by atoms with Gasteiger partial charge < -0.3 is 9.84 Å². The van der Waals surface area contributed by atoms with E-state index in [2.05, 4.69) is 55.1 Å². The number of halogens is 7. The van der Waals surface area contributed by atoms with E-state index in [0.717, 1.165) is 7.14 Å². The Balaban J connectivity index is 0.000000170. The van der Waals surface area contributed by atoms with Gasteiger partial charge in [0.2, 0.25) is 5.88 Å². The Morgan fingerprint density at radius 2 is 1.52 bits per heavy atom. The number of aromatic nitrogens is 2. The number of hydrogen-bond acceptors (Lipinski definition) is 4. The summed E-state index contributed by atoms with van der Waals surface area (Å²) < 4.78 is 55.3. The molecule has 2 saturated carbocycles. The average molecular weight is 659 g/mol. The summed E-state index contributed by atoms with van der Waals surface area (Å²) in [6.45, 7) is -0.312. The number of aliphatic hydroxyl groups is 1. The van der Waals surface area contributed by atoms with Gasteiger partial charge in [-0.05, 0) is 69.4 Å². The second kappa shape index (κ2) is 10.7. The molecule has 1 N–H and O–H groups in total. The van der Waals surface area contributed by atoms with Gasteiger partial charge in [-0.2, -0.15) is 0 Å². The van der Waals surface area contributed by atoms with E-state index in [1.807, 2.05) is 18.2 Å². The van der Waals surface area contributed by atoms with Gasteiger partial charge in [0.25, 0.3) is 11.8 Å². The molecular formula is C18H17ClF4I2N2O2. The summed E-state index contributed by atoms with van der Waals surface area (Å²) in [6, 6.07) is 7.37. The van der Waals surface area contributed by atoms with Crippen LogP contribution in [0.25, 0.3) is 0 Å². The van der Waals surface area contributed by atoms with Crippen molar-refractivity contribution in [2.75, 3.05) is 13.2 Å². The predicted molar refractivity (Wildman–Crippen MR) is 118 cm³/mol. The van der Waals surface area contributed by atoms with Gasteiger partial charge >= 0.3 is 0 Å². The lowest BCUT2D eigenvalue weighted by molar-refractivity contribution is 0.0819. The van der Waals surface area contributed by atoms with Crippen LogP contribution in [0.4, 0.5) is 17.6 Å². The zero-order valence-corrected chi connectivity index (χ0v) is 19.9. The minimum atomic E-state index is -2.53. The molecule has 2 atom stereocenters. The van der Waals surface area contributed by atoms with E-state index in [4.69, 9.17) is 21.4 Å². The molecule has 0 bridgehead atoms. The highest BCUT2D eigenvalue weighted by atomic mass is 127. The molecule has 29 heavy (non-hydrogen) atoms. The van der Waals surface area contributed by atoms with Crippen LogP contribution in [0.1, 0.15) is 12.8 Å². The van der Waals surface area contributed by atoms with Crippen LogP contribution in [-0.4, -0.2) is 40.1 Å². The molecule has 0 radical (unpaired) electrons. The maximum atomic E-state index is 12.5. The van der Waals surface area contributed by atoms with Crippen molar-refractivity contribution in [3.63, 3.8) is 0 Å². The summed E-state index contributed by atoms with van der Waals surface area (Å²) >= 11 is 9.78. The quantitative estimate of drug-likeness (QED) is 0.261. The van der Waals surface area contributed by atoms with E-state index < -0.39 is 23.7 Å². The lowest BCUT2D eigenvalue weighted by Gasteiger charge is -2.05. The maximum Gasteiger partial charge on any atom is 0.255 e. The first-order valence-electron chi connectivity index (χ1n) is 8.42. The van der Waals surface area contributed by atoms with Crippen LogP contribution in [0.2, 0.25) is 5.15 Å². The number of hydrogen-bond donors (Lipinski definition) is 1. The molecule has 2 aromatic rings. The van der Waals surface area contributed by atoms with Crippen molar-refractivity contribution in [3.8, 4) is 5.88 Å². The third kappa shape index (κ3) is 8.29. The van der Waals surface area contributed by atoms with E-state index in [1.54, 1.807) is 18.5 Å². The van der Waals surface area contributed by atoms with Crippen LogP contribution in [0.3, 0.4) is 0 Å². The van der Waals surface area contributed by atoms with Gasteiger partial charge in [0.15, 0.2) is 0 Å². The van der Waals surface area contributed by atoms with Crippen LogP contribution in [0.5, 0.6) is 5.88 Å². The molecule has 2 aliphatic carbocycles. The first-order valence-corrected chi connectivity index (χ1v) is 11.0. The van der Waals surface area contributed by atoms with Gasteiger partial charge in [-0.15, -0.1) is 0 Å². The second-order valence-corrected chi connectivity index (χ2v) is 9.07. The molecule has 2 aliphatic rings. The minimum Gasteiger partial charge on any atom is -0.476 e. The first kappa shape index (κ1) is 24.8. The van der Waals surface area contributed by atoms with Gasteiger partial charge in [0.1, 0.15) is 5.15 Å². The molecular weight excluding hydrogens is 641 g/mol. The fourth-order valence-electron chi connectivity index (χ4n) is 1.94. The fraction of sp³-hybridized carbons (Fsp3) is 0.444. The summed E-state index contributed by atoms with van der Waals surface area (Å²) in [5, 5.41) is 8.64. The van der Waals surface area contributed by atoms with Crippen molar-refractivity contribution < 1.29 is 27.4 Å². The number of nitrogens with zero attached hydrogens (tertiary/aromatic N) is 2. The minimum absolute atomic E-state index is 0.0556. The zero-order valence-electron chi connectivity index (χ0n) is 14.8. The van der Waals surface area contributed by atoms with Crippen LogP contribution >= 0.6 is 56.8 Å². The molecule has 0 saturated heterocycles. The normalized spacial score (nSPS) is 22.3. The molecule has 0 amide bonds. The monoisotopic (exact) mass is 658 g/mol. The molecule has 160 valence electrons. The zero-order chi connectivity index (χ0) is 21.7. The Bertz CT molecular complexity index is 796. The SMILES string of the molecule is Clc1ncccc1I.FC1(F)C[C@H]1COc1ncccc1I.OC[C@@H]1CC1(F)F. The van der Waals surface area contributed by atoms with Crippen LogP contribution in [0.15, 0.2) is 36.7 Å². The number of ether oxygens (including phenoxy) is 1. The van der Waals surface area contributed by atoms with Gasteiger partial charge in [-0.3, -0.25) is 0 Å². The highest BCUT2D eigenvalue weighted by Gasteiger charge is 2.57. The number of pyridine rings is 2. The smallest absolute Gasteiger partial charge is 0.255 e. The van der Waals surface area contributed by atoms with E-state index in [0.29, 0.717) is 11.0 Å². The van der Waals surface area contributed by atoms with Crippen molar-refractivity contribution in [1.29, 1.82) is 0 Å². The Morgan fingerprint density at radius 1 is 1.00 bits per heavy atom. The van der Waals surface area contributed by atoms with E-state index in [9.17, 15) is 17.6 Å². The van der Waals surface area contributed by atoms with Crippen molar-refractivity contribution in [1.82, 2.24) is 9.97 Å². The summed E-state index contributed by atoms with van der Waals surface area (Å²) in [5.41, 5.74) is 0. The molecule has 0 spiro atoms. The van der Waals surface area contributed by atoms with Crippen LogP contribution < -0.4 is 4.74 Å². The molecule has 0 aromatic carbocycles. The lowest BCUT2D eigenvalue weighted by Crippen LogP contribution is -2.07. The molecule has 4 rings (SSSR count). The second-order valence-electron chi connectivity index (χ2n) is 6.38. The molecule has 2 heterocycles. The molecule has 0 aliphatic heterocycles. The largest absolute Gasteiger partial charge is 0.476 e. The van der Waals surface area contributed by atoms with Crippen molar-refractivity contribution in [3.05, 3.63) is 49.0 Å². The summed E-state index contributed by atoms with van der Waals surface area (Å²) in [6.07, 6.45) is 3.08. The van der Waals surface area contributed by atoms with Gasteiger partial charge in [0, 0.05) is 25.2 Å². The summed E-state index contributed by atoms with van der Waals surface area (Å²) in [7, 11) is 0. The molecule has 4 nitrogen and oxygen atoms in total. The van der Waals surface area contributed by atoms with Gasteiger partial charge in [-0.25, -0.2) is 27.5 Å². The summed E-state index contributed by atoms with van der Waals surface area (Å²) in [5.74, 6) is -5.96. The van der Waals surface area contributed by atoms with Crippen LogP contribution in [-0.2, 0) is 0 Å². The number of aliphatic hydroxyl groups excluding tert-OH is 1. The molecule has 11 heteroatoms. The van der Waals surface area contributed by atoms with Crippen LogP contribution in [0, 0.1) is 19.0 Å². The van der Waals surface area contributed by atoms with E-state index in [-0.39, 0.29) is 26.1 Å². The van der Waals surface area contributed by atoms with Gasteiger partial charge in [0.05, 0.1) is 32.2 Å². The number of alkyl halides is 4. The fourth-order valence-corrected chi connectivity index (χ4v) is 2.91. The number of rotatable bonds is 4. The lowest BCUT2D eigenvalue weighted by atomic mass is 10.4.